The van der Waals surface area contributed by atoms with E-state index in [4.69, 9.17) is 0 Å². The predicted molar refractivity (Wildman–Crippen MR) is 114 cm³/mol. The van der Waals surface area contributed by atoms with Crippen LogP contribution in [0.15, 0.2) is 72.8 Å². The lowest BCUT2D eigenvalue weighted by Gasteiger charge is -2.31. The first kappa shape index (κ1) is 18.5. The molecule has 3 N–H and O–H groups in total. The van der Waals surface area contributed by atoms with Crippen LogP contribution >= 0.6 is 11.8 Å². The normalized spacial score (nSPS) is 19.2. The van der Waals surface area contributed by atoms with Crippen LogP contribution in [0, 0.1) is 0 Å². The van der Waals surface area contributed by atoms with E-state index in [9.17, 15) is 9.59 Å². The van der Waals surface area contributed by atoms with Crippen LogP contribution in [0.1, 0.15) is 18.0 Å². The molecule has 0 aromatic heterocycles. The Morgan fingerprint density at radius 2 is 1.75 bits per heavy atom. The van der Waals surface area contributed by atoms with Gasteiger partial charge in [0.1, 0.15) is 5.50 Å². The molecule has 2 unspecified atom stereocenters. The van der Waals surface area contributed by atoms with Crippen molar-refractivity contribution >= 4 is 40.0 Å². The lowest BCUT2D eigenvalue weighted by molar-refractivity contribution is -0.123. The van der Waals surface area contributed by atoms with Crippen molar-refractivity contribution in [1.82, 2.24) is 10.6 Å². The second kappa shape index (κ2) is 8.46. The summed E-state index contributed by atoms with van der Waals surface area (Å²) in [7, 11) is 0. The molecule has 1 aliphatic heterocycles. The van der Waals surface area contributed by atoms with Gasteiger partial charge in [-0.3, -0.25) is 14.9 Å². The highest BCUT2D eigenvalue weighted by Crippen LogP contribution is 2.25. The van der Waals surface area contributed by atoms with E-state index in [1.54, 1.807) is 0 Å². The second-order valence-electron chi connectivity index (χ2n) is 6.67. The number of anilines is 1. The molecule has 0 radical (unpaired) electrons. The molecule has 28 heavy (non-hydrogen) atoms. The predicted octanol–water partition coefficient (Wildman–Crippen LogP) is 3.65. The minimum atomic E-state index is -0.301. The molecule has 2 atom stereocenters. The third-order valence-electron chi connectivity index (χ3n) is 4.68. The Bertz CT molecular complexity index is 988. The zero-order valence-electron chi connectivity index (χ0n) is 15.2. The summed E-state index contributed by atoms with van der Waals surface area (Å²) in [6.07, 6.45) is 0.392. The summed E-state index contributed by atoms with van der Waals surface area (Å²) in [5, 5.41) is 11.4. The maximum Gasteiger partial charge on any atom is 0.234 e. The Hall–Kier alpha value is -2.83. The quantitative estimate of drug-likeness (QED) is 0.621. The summed E-state index contributed by atoms with van der Waals surface area (Å²) in [6.45, 7) is 0. The van der Waals surface area contributed by atoms with E-state index < -0.39 is 0 Å². The molecular weight excluding hydrogens is 370 g/mol. The average molecular weight is 391 g/mol. The molecule has 3 aromatic carbocycles. The van der Waals surface area contributed by atoms with Crippen molar-refractivity contribution in [3.63, 3.8) is 0 Å². The Morgan fingerprint density at radius 3 is 2.61 bits per heavy atom. The second-order valence-corrected chi connectivity index (χ2v) is 7.76. The first-order valence-corrected chi connectivity index (χ1v) is 10.2. The van der Waals surface area contributed by atoms with E-state index in [2.05, 4.69) is 16.0 Å². The Labute approximate surface area is 167 Å². The lowest BCUT2D eigenvalue weighted by Crippen LogP contribution is -2.51. The largest absolute Gasteiger partial charge is 0.332 e. The van der Waals surface area contributed by atoms with Gasteiger partial charge in [-0.15, -0.1) is 11.8 Å². The molecule has 1 fully saturated rings. The van der Waals surface area contributed by atoms with Gasteiger partial charge in [0, 0.05) is 23.5 Å². The molecule has 1 aliphatic rings. The topological polar surface area (TPSA) is 70.2 Å². The van der Waals surface area contributed by atoms with Crippen LogP contribution in [0.4, 0.5) is 5.69 Å². The van der Waals surface area contributed by atoms with Crippen LogP contribution in [-0.2, 0) is 9.59 Å². The number of thioether (sulfide) groups is 1. The Kier molecular flexibility index (Phi) is 5.60. The van der Waals surface area contributed by atoms with Crippen LogP contribution < -0.4 is 16.0 Å². The highest BCUT2D eigenvalue weighted by Gasteiger charge is 2.27. The summed E-state index contributed by atoms with van der Waals surface area (Å²) in [6, 6.07) is 23.6. The van der Waals surface area contributed by atoms with Gasteiger partial charge < -0.3 is 10.6 Å². The maximum absolute atomic E-state index is 12.5. The van der Waals surface area contributed by atoms with Gasteiger partial charge in [0.15, 0.2) is 0 Å². The molecule has 0 aliphatic carbocycles. The van der Waals surface area contributed by atoms with E-state index in [-0.39, 0.29) is 29.1 Å². The number of rotatable bonds is 5. The van der Waals surface area contributed by atoms with Crippen molar-refractivity contribution in [2.24, 2.45) is 0 Å². The van der Waals surface area contributed by atoms with Gasteiger partial charge in [0.05, 0.1) is 5.75 Å². The van der Waals surface area contributed by atoms with Gasteiger partial charge in [0.2, 0.25) is 11.8 Å². The zero-order valence-corrected chi connectivity index (χ0v) is 16.0. The number of hydrogen-bond acceptors (Lipinski definition) is 4. The van der Waals surface area contributed by atoms with E-state index >= 15 is 0 Å². The van der Waals surface area contributed by atoms with Crippen molar-refractivity contribution in [1.29, 1.82) is 0 Å². The summed E-state index contributed by atoms with van der Waals surface area (Å²) >= 11 is 1.38. The average Bonchev–Trinajstić information content (AvgIpc) is 2.73. The zero-order chi connectivity index (χ0) is 19.3. The number of carbonyl (C=O) groups is 2. The van der Waals surface area contributed by atoms with Crippen molar-refractivity contribution in [3.05, 3.63) is 78.4 Å². The van der Waals surface area contributed by atoms with Crippen LogP contribution in [-0.4, -0.2) is 23.1 Å². The van der Waals surface area contributed by atoms with E-state index in [1.807, 2.05) is 72.8 Å². The van der Waals surface area contributed by atoms with Gasteiger partial charge in [-0.05, 0) is 17.0 Å². The molecule has 1 heterocycles. The van der Waals surface area contributed by atoms with Crippen molar-refractivity contribution in [2.75, 3.05) is 11.1 Å². The molecule has 0 bridgehead atoms. The standard InChI is InChI=1S/C22H21N3O2S/c26-20-13-19(16-8-2-1-3-9-16)24-22(25-20)28-14-21(27)23-18-12-6-10-15-7-4-5-11-17(15)18/h1-12,19,22,24H,13-14H2,(H,23,27)(H,25,26). The first-order chi connectivity index (χ1) is 13.7. The molecule has 1 saturated heterocycles. The van der Waals surface area contributed by atoms with Gasteiger partial charge in [0.25, 0.3) is 0 Å². The van der Waals surface area contributed by atoms with Crippen LogP contribution in [0.25, 0.3) is 10.8 Å². The number of fused-ring (bicyclic) bond motifs is 1. The molecule has 5 nitrogen and oxygen atoms in total. The summed E-state index contributed by atoms with van der Waals surface area (Å²) in [4.78, 5) is 24.5. The Balaban J connectivity index is 1.37. The van der Waals surface area contributed by atoms with Crippen LogP contribution in [0.2, 0.25) is 0 Å². The molecule has 6 heteroatoms. The van der Waals surface area contributed by atoms with Crippen molar-refractivity contribution in [2.45, 2.75) is 18.0 Å². The minimum absolute atomic E-state index is 0.0143. The number of hydrogen-bond donors (Lipinski definition) is 3. The minimum Gasteiger partial charge on any atom is -0.332 e. The lowest BCUT2D eigenvalue weighted by atomic mass is 10.0. The molecule has 2 amide bonds. The van der Waals surface area contributed by atoms with Crippen LogP contribution in [0.5, 0.6) is 0 Å². The summed E-state index contributed by atoms with van der Waals surface area (Å²) in [5.41, 5.74) is 1.57. The number of nitrogens with one attached hydrogen (secondary N) is 3. The summed E-state index contributed by atoms with van der Waals surface area (Å²) in [5.74, 6) is 0.127. The van der Waals surface area contributed by atoms with Gasteiger partial charge in [-0.2, -0.15) is 0 Å². The van der Waals surface area contributed by atoms with Gasteiger partial charge in [-0.1, -0.05) is 66.7 Å². The van der Waals surface area contributed by atoms with Crippen molar-refractivity contribution in [3.8, 4) is 0 Å². The molecule has 4 rings (SSSR count). The SMILES string of the molecule is O=C(CSC1NC(=O)CC(c2ccccc2)N1)Nc1cccc2ccccc12. The van der Waals surface area contributed by atoms with Gasteiger partial charge >= 0.3 is 0 Å². The monoisotopic (exact) mass is 391 g/mol. The highest BCUT2D eigenvalue weighted by molar-refractivity contribution is 8.00. The van der Waals surface area contributed by atoms with E-state index in [1.165, 1.54) is 11.8 Å². The van der Waals surface area contributed by atoms with Crippen LogP contribution in [0.3, 0.4) is 0 Å². The fraction of sp³-hybridized carbons (Fsp3) is 0.182. The third kappa shape index (κ3) is 4.35. The molecule has 3 aromatic rings. The molecule has 0 spiro atoms. The van der Waals surface area contributed by atoms with E-state index in [0.717, 1.165) is 22.0 Å². The highest BCUT2D eigenvalue weighted by atomic mass is 32.2. The third-order valence-corrected chi connectivity index (χ3v) is 5.70. The van der Waals surface area contributed by atoms with E-state index in [0.29, 0.717) is 6.42 Å². The Morgan fingerprint density at radius 1 is 1.00 bits per heavy atom. The fourth-order valence-electron chi connectivity index (χ4n) is 3.34. The summed E-state index contributed by atoms with van der Waals surface area (Å²) < 4.78 is 0. The maximum atomic E-state index is 12.5. The number of carbonyl (C=O) groups excluding carboxylic acids is 2. The molecule has 142 valence electrons. The fourth-order valence-corrected chi connectivity index (χ4v) is 4.21. The molecular formula is C22H21N3O2S. The number of benzene rings is 3. The molecule has 0 saturated carbocycles. The smallest absolute Gasteiger partial charge is 0.234 e. The number of amides is 2. The van der Waals surface area contributed by atoms with Crippen molar-refractivity contribution < 1.29 is 9.59 Å². The van der Waals surface area contributed by atoms with Gasteiger partial charge in [-0.25, -0.2) is 0 Å². The first-order valence-electron chi connectivity index (χ1n) is 9.18.